The van der Waals surface area contributed by atoms with Crippen molar-refractivity contribution in [2.75, 3.05) is 11.9 Å². The summed E-state index contributed by atoms with van der Waals surface area (Å²) in [6.45, 7) is 3.93. The van der Waals surface area contributed by atoms with E-state index in [2.05, 4.69) is 24.0 Å². The van der Waals surface area contributed by atoms with Crippen LogP contribution < -0.4 is 5.32 Å². The Morgan fingerprint density at radius 1 is 0.893 bits per heavy atom. The van der Waals surface area contributed by atoms with E-state index in [9.17, 15) is 9.59 Å². The van der Waals surface area contributed by atoms with Gasteiger partial charge in [0.1, 0.15) is 6.54 Å². The molecule has 0 unspecified atom stereocenters. The van der Waals surface area contributed by atoms with Gasteiger partial charge in [-0.1, -0.05) is 55.1 Å². The lowest BCUT2D eigenvalue weighted by Crippen LogP contribution is -2.32. The smallest absolute Gasteiger partial charge is 0.259 e. The Kier molecular flexibility index (Phi) is 3.66. The summed E-state index contributed by atoms with van der Waals surface area (Å²) >= 11 is 0. The highest BCUT2D eigenvalue weighted by atomic mass is 16.2. The van der Waals surface area contributed by atoms with E-state index in [1.165, 1.54) is 27.2 Å². The third kappa shape index (κ3) is 2.54. The van der Waals surface area contributed by atoms with Crippen LogP contribution >= 0.6 is 0 Å². The second kappa shape index (κ2) is 6.20. The molecule has 4 heteroatoms. The van der Waals surface area contributed by atoms with Crippen molar-refractivity contribution >= 4 is 23.2 Å². The van der Waals surface area contributed by atoms with Crippen molar-refractivity contribution < 1.29 is 9.59 Å². The van der Waals surface area contributed by atoms with Crippen molar-refractivity contribution in [2.45, 2.75) is 6.42 Å². The van der Waals surface area contributed by atoms with Crippen molar-refractivity contribution in [3.8, 4) is 11.1 Å². The minimum atomic E-state index is -0.238. The molecule has 3 aromatic rings. The number of fused-ring (bicyclic) bond motifs is 4. The molecule has 2 aliphatic rings. The molecule has 5 rings (SSSR count). The summed E-state index contributed by atoms with van der Waals surface area (Å²) in [6, 6.07) is 21.6. The summed E-state index contributed by atoms with van der Waals surface area (Å²) in [5, 5.41) is 2.92. The molecule has 28 heavy (non-hydrogen) atoms. The molecule has 4 nitrogen and oxygen atoms in total. The van der Waals surface area contributed by atoms with Crippen molar-refractivity contribution in [2.24, 2.45) is 0 Å². The Labute approximate surface area is 163 Å². The molecule has 136 valence electrons. The number of nitrogens with one attached hydrogen (secondary N) is 1. The highest BCUT2D eigenvalue weighted by Crippen LogP contribution is 2.37. The van der Waals surface area contributed by atoms with E-state index in [0.29, 0.717) is 11.3 Å². The van der Waals surface area contributed by atoms with E-state index in [4.69, 9.17) is 0 Å². The lowest BCUT2D eigenvalue weighted by atomic mass is 10.1. The average Bonchev–Trinajstić information content (AvgIpc) is 3.19. The first-order valence-corrected chi connectivity index (χ1v) is 9.23. The van der Waals surface area contributed by atoms with Crippen LogP contribution in [0.1, 0.15) is 27.0 Å². The number of anilines is 1. The molecule has 2 amide bonds. The third-order valence-electron chi connectivity index (χ3n) is 5.42. The zero-order valence-corrected chi connectivity index (χ0v) is 15.2. The maximum Gasteiger partial charge on any atom is 0.259 e. The fourth-order valence-electron chi connectivity index (χ4n) is 4.07. The summed E-state index contributed by atoms with van der Waals surface area (Å²) in [5.74, 6) is -0.419. The van der Waals surface area contributed by atoms with Crippen LogP contribution in [0.2, 0.25) is 0 Å². The minimum Gasteiger partial charge on any atom is -0.325 e. The summed E-state index contributed by atoms with van der Waals surface area (Å²) in [4.78, 5) is 26.6. The molecule has 1 heterocycles. The fraction of sp³-hybridized carbons (Fsp3) is 0.0833. The number of carbonyl (C=O) groups excluding carboxylic acids is 2. The third-order valence-corrected chi connectivity index (χ3v) is 5.42. The van der Waals surface area contributed by atoms with Gasteiger partial charge in [0.25, 0.3) is 5.91 Å². The second-order valence-corrected chi connectivity index (χ2v) is 7.14. The number of nitrogens with zero attached hydrogens (tertiary/aromatic N) is 1. The number of rotatable bonds is 3. The molecule has 0 fully saturated rings. The first-order chi connectivity index (χ1) is 13.6. The van der Waals surface area contributed by atoms with E-state index in [1.54, 1.807) is 6.07 Å². The van der Waals surface area contributed by atoms with E-state index in [-0.39, 0.29) is 18.4 Å². The molecule has 3 aromatic carbocycles. The summed E-state index contributed by atoms with van der Waals surface area (Å²) in [6.07, 6.45) is 0.867. The van der Waals surface area contributed by atoms with Crippen LogP contribution in [0.15, 0.2) is 73.3 Å². The molecule has 0 saturated carbocycles. The van der Waals surface area contributed by atoms with Gasteiger partial charge in [-0.3, -0.25) is 14.5 Å². The maximum absolute atomic E-state index is 12.6. The lowest BCUT2D eigenvalue weighted by molar-refractivity contribution is -0.116. The van der Waals surface area contributed by atoms with Crippen molar-refractivity contribution in [1.82, 2.24) is 4.90 Å². The number of benzene rings is 3. The monoisotopic (exact) mass is 366 g/mol. The molecule has 1 aliphatic carbocycles. The quantitative estimate of drug-likeness (QED) is 0.587. The van der Waals surface area contributed by atoms with E-state index in [1.807, 2.05) is 48.5 Å². The largest absolute Gasteiger partial charge is 0.325 e. The van der Waals surface area contributed by atoms with Crippen LogP contribution in [0.4, 0.5) is 5.69 Å². The Hall–Kier alpha value is -3.66. The fourth-order valence-corrected chi connectivity index (χ4v) is 4.07. The van der Waals surface area contributed by atoms with Gasteiger partial charge >= 0.3 is 0 Å². The zero-order chi connectivity index (χ0) is 19.3. The SMILES string of the molecule is C=C1c2ccccc2C(=O)N1CC(=O)Nc1ccc2c(c1)Cc1ccccc1-2. The minimum absolute atomic E-state index is 0.0519. The van der Waals surface area contributed by atoms with Gasteiger partial charge in [0.15, 0.2) is 0 Å². The van der Waals surface area contributed by atoms with Gasteiger partial charge in [0.2, 0.25) is 5.91 Å². The Morgan fingerprint density at radius 2 is 1.57 bits per heavy atom. The first kappa shape index (κ1) is 16.5. The molecule has 0 radical (unpaired) electrons. The van der Waals surface area contributed by atoms with Gasteiger partial charge in [-0.2, -0.15) is 0 Å². The Balaban J connectivity index is 1.32. The topological polar surface area (TPSA) is 49.4 Å². The maximum atomic E-state index is 12.6. The number of hydrogen-bond donors (Lipinski definition) is 1. The highest BCUT2D eigenvalue weighted by Gasteiger charge is 2.31. The molecular formula is C24H18N2O2. The van der Waals surface area contributed by atoms with Crippen LogP contribution in [0.3, 0.4) is 0 Å². The molecule has 0 atom stereocenters. The van der Waals surface area contributed by atoms with Gasteiger partial charge in [0, 0.05) is 22.5 Å². The summed E-state index contributed by atoms with van der Waals surface area (Å²) in [7, 11) is 0. The first-order valence-electron chi connectivity index (χ1n) is 9.23. The van der Waals surface area contributed by atoms with Crippen LogP contribution in [0, 0.1) is 0 Å². The van der Waals surface area contributed by atoms with Crippen LogP contribution in [0.5, 0.6) is 0 Å². The molecule has 0 bridgehead atoms. The van der Waals surface area contributed by atoms with Gasteiger partial charge in [-0.15, -0.1) is 0 Å². The summed E-state index contributed by atoms with van der Waals surface area (Å²) in [5.41, 5.74) is 7.67. The molecule has 0 spiro atoms. The Morgan fingerprint density at radius 3 is 2.36 bits per heavy atom. The second-order valence-electron chi connectivity index (χ2n) is 7.14. The molecule has 1 N–H and O–H groups in total. The Bertz CT molecular complexity index is 1130. The summed E-state index contributed by atoms with van der Waals surface area (Å²) < 4.78 is 0. The lowest BCUT2D eigenvalue weighted by Gasteiger charge is -2.17. The standard InChI is InChI=1S/C24H18N2O2/c1-15-19-7-4-5-9-22(19)24(28)26(15)14-23(27)25-18-10-11-21-17(13-18)12-16-6-2-3-8-20(16)21/h2-11,13H,1,12,14H2,(H,25,27). The zero-order valence-electron chi connectivity index (χ0n) is 15.2. The average molecular weight is 366 g/mol. The molecule has 1 aliphatic heterocycles. The number of amides is 2. The van der Waals surface area contributed by atoms with E-state index >= 15 is 0 Å². The van der Waals surface area contributed by atoms with Crippen LogP contribution in [-0.2, 0) is 11.2 Å². The molecular weight excluding hydrogens is 348 g/mol. The van der Waals surface area contributed by atoms with Gasteiger partial charge in [-0.25, -0.2) is 0 Å². The van der Waals surface area contributed by atoms with Crippen LogP contribution in [0.25, 0.3) is 16.8 Å². The van der Waals surface area contributed by atoms with Crippen LogP contribution in [-0.4, -0.2) is 23.3 Å². The molecule has 0 saturated heterocycles. The van der Waals surface area contributed by atoms with E-state index in [0.717, 1.165) is 17.7 Å². The number of carbonyl (C=O) groups is 2. The van der Waals surface area contributed by atoms with Crippen molar-refractivity contribution in [1.29, 1.82) is 0 Å². The predicted molar refractivity (Wildman–Crippen MR) is 110 cm³/mol. The van der Waals surface area contributed by atoms with Crippen molar-refractivity contribution in [3.63, 3.8) is 0 Å². The van der Waals surface area contributed by atoms with E-state index < -0.39 is 0 Å². The highest BCUT2D eigenvalue weighted by molar-refractivity contribution is 6.11. The van der Waals surface area contributed by atoms with Gasteiger partial charge < -0.3 is 5.32 Å². The van der Waals surface area contributed by atoms with Gasteiger partial charge in [-0.05, 0) is 46.9 Å². The normalized spacial score (nSPS) is 13.9. The number of hydrogen-bond acceptors (Lipinski definition) is 2. The predicted octanol–water partition coefficient (Wildman–Crippen LogP) is 4.32. The molecule has 0 aromatic heterocycles. The van der Waals surface area contributed by atoms with Gasteiger partial charge in [0.05, 0.1) is 0 Å². The van der Waals surface area contributed by atoms with Crippen molar-refractivity contribution in [3.05, 3.63) is 95.6 Å².